The fourth-order valence-electron chi connectivity index (χ4n) is 2.11. The molecule has 1 rings (SSSR count). The third-order valence-electron chi connectivity index (χ3n) is 3.27. The maximum atomic E-state index is 11.5. The van der Waals surface area contributed by atoms with E-state index in [1.807, 2.05) is 0 Å². The minimum Gasteiger partial charge on any atom is -0.496 e. The monoisotopic (exact) mass is 298 g/mol. The van der Waals surface area contributed by atoms with Crippen LogP contribution in [0.3, 0.4) is 0 Å². The summed E-state index contributed by atoms with van der Waals surface area (Å²) in [5, 5.41) is 10.4. The van der Waals surface area contributed by atoms with Crippen molar-refractivity contribution in [1.29, 1.82) is 0 Å². The average molecular weight is 298 g/mol. The van der Waals surface area contributed by atoms with Crippen molar-refractivity contribution in [1.82, 2.24) is 0 Å². The van der Waals surface area contributed by atoms with E-state index in [2.05, 4.69) is 4.74 Å². The molecule has 0 spiro atoms. The number of ether oxygens (including phenoxy) is 4. The van der Waals surface area contributed by atoms with Crippen LogP contribution in [0.4, 0.5) is 0 Å². The van der Waals surface area contributed by atoms with E-state index in [1.165, 1.54) is 28.4 Å². The van der Waals surface area contributed by atoms with E-state index in [-0.39, 0.29) is 12.4 Å². The smallest absolute Gasteiger partial charge is 0.308 e. The molecule has 0 heterocycles. The van der Waals surface area contributed by atoms with Gasteiger partial charge in [-0.2, -0.15) is 0 Å². The largest absolute Gasteiger partial charge is 0.496 e. The number of carbonyl (C=O) groups excluding carboxylic acids is 1. The molecule has 1 aromatic carbocycles. The molecule has 0 aliphatic carbocycles. The Balaban J connectivity index is 3.12. The van der Waals surface area contributed by atoms with Crippen LogP contribution >= 0.6 is 0 Å². The van der Waals surface area contributed by atoms with Crippen molar-refractivity contribution in [2.75, 3.05) is 28.4 Å². The Morgan fingerprint density at radius 3 is 2.00 bits per heavy atom. The zero-order chi connectivity index (χ0) is 16.0. The van der Waals surface area contributed by atoms with E-state index in [0.717, 1.165) is 0 Å². The Morgan fingerprint density at radius 1 is 1.10 bits per heavy atom. The van der Waals surface area contributed by atoms with Crippen LogP contribution in [0.25, 0.3) is 0 Å². The summed E-state index contributed by atoms with van der Waals surface area (Å²) in [5.41, 5.74) is 0.483. The second-order valence-electron chi connectivity index (χ2n) is 4.62. The third-order valence-corrected chi connectivity index (χ3v) is 3.27. The maximum Gasteiger partial charge on any atom is 0.308 e. The summed E-state index contributed by atoms with van der Waals surface area (Å²) in [6.45, 7) is 1.69. The van der Waals surface area contributed by atoms with E-state index in [4.69, 9.17) is 14.2 Å². The van der Waals surface area contributed by atoms with Crippen molar-refractivity contribution in [3.63, 3.8) is 0 Å². The van der Waals surface area contributed by atoms with Crippen molar-refractivity contribution < 1.29 is 28.8 Å². The molecule has 0 aliphatic heterocycles. The van der Waals surface area contributed by atoms with Gasteiger partial charge in [0.1, 0.15) is 17.2 Å². The van der Waals surface area contributed by atoms with Gasteiger partial charge in [-0.3, -0.25) is 4.79 Å². The van der Waals surface area contributed by atoms with Gasteiger partial charge in [0, 0.05) is 12.1 Å². The molecule has 0 aliphatic rings. The summed E-state index contributed by atoms with van der Waals surface area (Å²) in [6, 6.07) is 3.31. The van der Waals surface area contributed by atoms with E-state index in [9.17, 15) is 9.90 Å². The van der Waals surface area contributed by atoms with Crippen LogP contribution in [-0.4, -0.2) is 39.5 Å². The molecule has 0 saturated heterocycles. The molecule has 0 fully saturated rings. The molecular weight excluding hydrogens is 276 g/mol. The zero-order valence-corrected chi connectivity index (χ0v) is 13.0. The van der Waals surface area contributed by atoms with Crippen LogP contribution in [0.2, 0.25) is 0 Å². The number of methoxy groups -OCH3 is 4. The molecule has 6 nitrogen and oxygen atoms in total. The molecule has 21 heavy (non-hydrogen) atoms. The predicted octanol–water partition coefficient (Wildman–Crippen LogP) is 1.94. The fourth-order valence-corrected chi connectivity index (χ4v) is 2.11. The van der Waals surface area contributed by atoms with Crippen LogP contribution in [0.15, 0.2) is 12.1 Å². The zero-order valence-electron chi connectivity index (χ0n) is 13.0. The van der Waals surface area contributed by atoms with Crippen LogP contribution < -0.4 is 14.2 Å². The lowest BCUT2D eigenvalue weighted by Crippen LogP contribution is -2.16. The van der Waals surface area contributed by atoms with Crippen molar-refractivity contribution in [3.8, 4) is 17.2 Å². The SMILES string of the molecule is COC(=O)C(C)CC(O)c1c(OC)cc(OC)cc1OC. The van der Waals surface area contributed by atoms with Crippen molar-refractivity contribution in [2.45, 2.75) is 19.4 Å². The third kappa shape index (κ3) is 4.01. The van der Waals surface area contributed by atoms with Gasteiger partial charge >= 0.3 is 5.97 Å². The van der Waals surface area contributed by atoms with Gasteiger partial charge in [-0.15, -0.1) is 0 Å². The summed E-state index contributed by atoms with van der Waals surface area (Å²) in [4.78, 5) is 11.5. The Kier molecular flexibility index (Phi) is 6.30. The van der Waals surface area contributed by atoms with E-state index >= 15 is 0 Å². The second-order valence-corrected chi connectivity index (χ2v) is 4.62. The fraction of sp³-hybridized carbons (Fsp3) is 0.533. The highest BCUT2D eigenvalue weighted by atomic mass is 16.5. The van der Waals surface area contributed by atoms with Crippen LogP contribution in [0.5, 0.6) is 17.2 Å². The van der Waals surface area contributed by atoms with Crippen molar-refractivity contribution in [3.05, 3.63) is 17.7 Å². The summed E-state index contributed by atoms with van der Waals surface area (Å²) in [7, 11) is 5.84. The van der Waals surface area contributed by atoms with Crippen LogP contribution in [-0.2, 0) is 9.53 Å². The Hall–Kier alpha value is -1.95. The molecular formula is C15H22O6. The summed E-state index contributed by atoms with van der Waals surface area (Å²) in [5.74, 6) is 0.620. The van der Waals surface area contributed by atoms with Gasteiger partial charge in [0.05, 0.1) is 46.0 Å². The molecule has 118 valence electrons. The lowest BCUT2D eigenvalue weighted by atomic mass is 9.96. The predicted molar refractivity (Wildman–Crippen MR) is 76.9 cm³/mol. The number of rotatable bonds is 7. The molecule has 1 N–H and O–H groups in total. The highest BCUT2D eigenvalue weighted by molar-refractivity contribution is 5.71. The number of benzene rings is 1. The average Bonchev–Trinajstić information content (AvgIpc) is 2.51. The van der Waals surface area contributed by atoms with Gasteiger partial charge in [0.15, 0.2) is 0 Å². The Bertz CT molecular complexity index is 460. The van der Waals surface area contributed by atoms with Crippen molar-refractivity contribution >= 4 is 5.97 Å². The van der Waals surface area contributed by atoms with Crippen LogP contribution in [0.1, 0.15) is 25.0 Å². The first-order chi connectivity index (χ1) is 9.98. The van der Waals surface area contributed by atoms with Crippen molar-refractivity contribution in [2.24, 2.45) is 5.92 Å². The first-order valence-corrected chi connectivity index (χ1v) is 6.54. The second kappa shape index (κ2) is 7.73. The number of carbonyl (C=O) groups is 1. The molecule has 0 radical (unpaired) electrons. The topological polar surface area (TPSA) is 74.2 Å². The van der Waals surface area contributed by atoms with Gasteiger partial charge < -0.3 is 24.1 Å². The van der Waals surface area contributed by atoms with Gasteiger partial charge in [0.2, 0.25) is 0 Å². The molecule has 2 atom stereocenters. The van der Waals surface area contributed by atoms with E-state index < -0.39 is 12.0 Å². The summed E-state index contributed by atoms with van der Waals surface area (Å²) >= 11 is 0. The summed E-state index contributed by atoms with van der Waals surface area (Å²) in [6.07, 6.45) is -0.721. The van der Waals surface area contributed by atoms with Gasteiger partial charge in [0.25, 0.3) is 0 Å². The summed E-state index contributed by atoms with van der Waals surface area (Å²) < 4.78 is 20.4. The Morgan fingerprint density at radius 2 is 1.62 bits per heavy atom. The first kappa shape index (κ1) is 17.1. The van der Waals surface area contributed by atoms with Gasteiger partial charge in [-0.05, 0) is 6.42 Å². The molecule has 0 amide bonds. The Labute approximate surface area is 124 Å². The number of hydrogen-bond donors (Lipinski definition) is 1. The molecule has 0 saturated carbocycles. The lowest BCUT2D eigenvalue weighted by Gasteiger charge is -2.21. The van der Waals surface area contributed by atoms with Gasteiger partial charge in [-0.25, -0.2) is 0 Å². The number of hydrogen-bond acceptors (Lipinski definition) is 6. The quantitative estimate of drug-likeness (QED) is 0.776. The number of aliphatic hydroxyl groups is 1. The number of esters is 1. The molecule has 0 aromatic heterocycles. The van der Waals surface area contributed by atoms with E-state index in [1.54, 1.807) is 19.1 Å². The molecule has 2 unspecified atom stereocenters. The highest BCUT2D eigenvalue weighted by Crippen LogP contribution is 2.40. The minimum atomic E-state index is -0.921. The van der Waals surface area contributed by atoms with E-state index in [0.29, 0.717) is 22.8 Å². The highest BCUT2D eigenvalue weighted by Gasteiger charge is 2.25. The maximum absolute atomic E-state index is 11.5. The van der Waals surface area contributed by atoms with Gasteiger partial charge in [-0.1, -0.05) is 6.92 Å². The van der Waals surface area contributed by atoms with Crippen LogP contribution in [0, 0.1) is 5.92 Å². The molecule has 6 heteroatoms. The standard InChI is InChI=1S/C15H22O6/c1-9(15(17)21-5)6-11(16)14-12(19-3)7-10(18-2)8-13(14)20-4/h7-9,11,16H,6H2,1-5H3. The lowest BCUT2D eigenvalue weighted by molar-refractivity contribution is -0.145. The molecule has 0 bridgehead atoms. The number of aliphatic hydroxyl groups excluding tert-OH is 1. The molecule has 1 aromatic rings. The first-order valence-electron chi connectivity index (χ1n) is 6.54. The minimum absolute atomic E-state index is 0.200. The normalized spacial score (nSPS) is 13.2.